The second kappa shape index (κ2) is 4.75. The molecular weight excluding hydrogens is 274 g/mol. The highest BCUT2D eigenvalue weighted by atomic mass is 32.1. The van der Waals surface area contributed by atoms with E-state index in [4.69, 9.17) is 10.5 Å². The average molecular weight is 289 g/mol. The summed E-state index contributed by atoms with van der Waals surface area (Å²) in [6.45, 7) is 4.17. The van der Waals surface area contributed by atoms with Gasteiger partial charge in [0.15, 0.2) is 11.2 Å². The zero-order valence-electron chi connectivity index (χ0n) is 11.5. The molecule has 0 bridgehead atoms. The van der Waals surface area contributed by atoms with E-state index in [1.807, 2.05) is 4.57 Å². The summed E-state index contributed by atoms with van der Waals surface area (Å²) in [5.74, 6) is 0.854. The van der Waals surface area contributed by atoms with Crippen molar-refractivity contribution in [3.63, 3.8) is 0 Å². The van der Waals surface area contributed by atoms with E-state index >= 15 is 0 Å². The fourth-order valence-corrected chi connectivity index (χ4v) is 3.16. The minimum atomic E-state index is 0.0679. The number of hydrogen-bond donors (Lipinski definition) is 1. The highest BCUT2D eigenvalue weighted by molar-refractivity contribution is 7.12. The Hall–Kier alpha value is -2.15. The molecule has 0 amide bonds. The number of rotatable bonds is 3. The van der Waals surface area contributed by atoms with Crippen molar-refractivity contribution in [3.05, 3.63) is 28.2 Å². The monoisotopic (exact) mass is 289 g/mol. The lowest BCUT2D eigenvalue weighted by atomic mass is 10.2. The van der Waals surface area contributed by atoms with Gasteiger partial charge in [0.1, 0.15) is 6.33 Å². The molecule has 0 radical (unpaired) electrons. The summed E-state index contributed by atoms with van der Waals surface area (Å²) >= 11 is 1.74. The molecule has 0 aliphatic carbocycles. The van der Waals surface area contributed by atoms with Gasteiger partial charge < -0.3 is 10.5 Å². The van der Waals surface area contributed by atoms with Crippen LogP contribution in [0.15, 0.2) is 18.5 Å². The van der Waals surface area contributed by atoms with Crippen molar-refractivity contribution in [3.8, 4) is 5.88 Å². The highest BCUT2D eigenvalue weighted by Crippen LogP contribution is 2.32. The SMILES string of the molecule is COc1ncnc2c1nc(N)n2C(C)c1ccc(C)s1. The number of aryl methyl sites for hydroxylation is 1. The second-order valence-electron chi connectivity index (χ2n) is 4.52. The maximum Gasteiger partial charge on any atom is 0.245 e. The first-order chi connectivity index (χ1) is 9.61. The summed E-state index contributed by atoms with van der Waals surface area (Å²) < 4.78 is 7.11. The van der Waals surface area contributed by atoms with Gasteiger partial charge in [-0.15, -0.1) is 11.3 Å². The molecule has 0 saturated carbocycles. The summed E-state index contributed by atoms with van der Waals surface area (Å²) in [6.07, 6.45) is 1.46. The molecular formula is C13H15N5OS. The zero-order valence-corrected chi connectivity index (χ0v) is 12.3. The van der Waals surface area contributed by atoms with Crippen LogP contribution in [0.25, 0.3) is 11.2 Å². The minimum absolute atomic E-state index is 0.0679. The molecule has 0 aromatic carbocycles. The average Bonchev–Trinajstić information content (AvgIpc) is 3.00. The standard InChI is InChI=1S/C13H15N5OS/c1-7-4-5-9(20-7)8(2)18-11-10(17-13(18)14)12(19-3)16-6-15-11/h4-6,8H,1-3H3,(H2,14,17). The van der Waals surface area contributed by atoms with E-state index in [9.17, 15) is 0 Å². The van der Waals surface area contributed by atoms with Gasteiger partial charge in [0, 0.05) is 9.75 Å². The first-order valence-corrected chi connectivity index (χ1v) is 7.02. The number of methoxy groups -OCH3 is 1. The van der Waals surface area contributed by atoms with Crippen LogP contribution in [0.4, 0.5) is 5.95 Å². The quantitative estimate of drug-likeness (QED) is 0.801. The van der Waals surface area contributed by atoms with E-state index in [0.29, 0.717) is 23.0 Å². The van der Waals surface area contributed by atoms with Crippen LogP contribution in [0, 0.1) is 6.92 Å². The third-order valence-electron chi connectivity index (χ3n) is 3.22. The lowest BCUT2D eigenvalue weighted by Crippen LogP contribution is -2.09. The number of fused-ring (bicyclic) bond motifs is 1. The predicted molar refractivity (Wildman–Crippen MR) is 79.2 cm³/mol. The van der Waals surface area contributed by atoms with E-state index in [2.05, 4.69) is 40.9 Å². The van der Waals surface area contributed by atoms with Gasteiger partial charge in [-0.05, 0) is 26.0 Å². The van der Waals surface area contributed by atoms with Crippen molar-refractivity contribution >= 4 is 28.4 Å². The van der Waals surface area contributed by atoms with Crippen LogP contribution in [0.2, 0.25) is 0 Å². The number of nitrogens with zero attached hydrogens (tertiary/aromatic N) is 4. The molecule has 0 spiro atoms. The van der Waals surface area contributed by atoms with Crippen molar-refractivity contribution in [2.75, 3.05) is 12.8 Å². The topological polar surface area (TPSA) is 78.8 Å². The lowest BCUT2D eigenvalue weighted by molar-refractivity contribution is 0.401. The number of anilines is 1. The summed E-state index contributed by atoms with van der Waals surface area (Å²) in [6, 6.07) is 4.27. The minimum Gasteiger partial charge on any atom is -0.479 e. The number of nitrogens with two attached hydrogens (primary N) is 1. The van der Waals surface area contributed by atoms with Gasteiger partial charge >= 0.3 is 0 Å². The van der Waals surface area contributed by atoms with E-state index < -0.39 is 0 Å². The molecule has 20 heavy (non-hydrogen) atoms. The normalized spacial score (nSPS) is 12.8. The fourth-order valence-electron chi connectivity index (χ4n) is 2.24. The van der Waals surface area contributed by atoms with Crippen molar-refractivity contribution in [2.24, 2.45) is 0 Å². The molecule has 3 rings (SSSR count). The van der Waals surface area contributed by atoms with Crippen LogP contribution in [-0.4, -0.2) is 26.6 Å². The first kappa shape index (κ1) is 12.9. The Morgan fingerprint density at radius 3 is 2.80 bits per heavy atom. The number of nitrogen functional groups attached to an aromatic ring is 1. The molecule has 3 heterocycles. The summed E-state index contributed by atoms with van der Waals surface area (Å²) in [7, 11) is 1.56. The Kier molecular flexibility index (Phi) is 3.06. The molecule has 0 saturated heterocycles. The second-order valence-corrected chi connectivity index (χ2v) is 5.84. The van der Waals surface area contributed by atoms with E-state index in [1.54, 1.807) is 18.4 Å². The van der Waals surface area contributed by atoms with Gasteiger partial charge in [0.25, 0.3) is 0 Å². The van der Waals surface area contributed by atoms with Crippen molar-refractivity contribution in [1.29, 1.82) is 0 Å². The van der Waals surface area contributed by atoms with Gasteiger partial charge in [-0.3, -0.25) is 4.57 Å². The van der Waals surface area contributed by atoms with Crippen LogP contribution < -0.4 is 10.5 Å². The number of thiophene rings is 1. The third-order valence-corrected chi connectivity index (χ3v) is 4.40. The Morgan fingerprint density at radius 2 is 2.15 bits per heavy atom. The van der Waals surface area contributed by atoms with Crippen LogP contribution in [0.3, 0.4) is 0 Å². The predicted octanol–water partition coefficient (Wildman–Crippen LogP) is 2.40. The van der Waals surface area contributed by atoms with Gasteiger partial charge in [-0.2, -0.15) is 4.98 Å². The highest BCUT2D eigenvalue weighted by Gasteiger charge is 2.20. The van der Waals surface area contributed by atoms with Crippen LogP contribution in [0.1, 0.15) is 22.7 Å². The van der Waals surface area contributed by atoms with Crippen molar-refractivity contribution < 1.29 is 4.74 Å². The van der Waals surface area contributed by atoms with Crippen LogP contribution in [0.5, 0.6) is 5.88 Å². The van der Waals surface area contributed by atoms with E-state index in [0.717, 1.165) is 0 Å². The summed E-state index contributed by atoms with van der Waals surface area (Å²) in [5, 5.41) is 0. The van der Waals surface area contributed by atoms with Crippen LogP contribution >= 0.6 is 11.3 Å². The third kappa shape index (κ3) is 1.90. The Labute approximate surface area is 120 Å². The summed E-state index contributed by atoms with van der Waals surface area (Å²) in [5.41, 5.74) is 7.33. The Morgan fingerprint density at radius 1 is 1.35 bits per heavy atom. The fraction of sp³-hybridized carbons (Fsp3) is 0.308. The first-order valence-electron chi connectivity index (χ1n) is 6.20. The maximum absolute atomic E-state index is 6.06. The van der Waals surface area contributed by atoms with Crippen molar-refractivity contribution in [2.45, 2.75) is 19.9 Å². The molecule has 0 fully saturated rings. The molecule has 0 aliphatic rings. The zero-order chi connectivity index (χ0) is 14.3. The molecule has 1 unspecified atom stereocenters. The Bertz CT molecular complexity index is 763. The van der Waals surface area contributed by atoms with Crippen LogP contribution in [-0.2, 0) is 0 Å². The van der Waals surface area contributed by atoms with Gasteiger partial charge in [-0.1, -0.05) is 0 Å². The molecule has 104 valence electrons. The number of aromatic nitrogens is 4. The largest absolute Gasteiger partial charge is 0.479 e. The number of ether oxygens (including phenoxy) is 1. The molecule has 6 nitrogen and oxygen atoms in total. The number of hydrogen-bond acceptors (Lipinski definition) is 6. The summed E-state index contributed by atoms with van der Waals surface area (Å²) in [4.78, 5) is 15.2. The molecule has 7 heteroatoms. The van der Waals surface area contributed by atoms with Gasteiger partial charge in [-0.25, -0.2) is 9.97 Å². The molecule has 1 atom stereocenters. The molecule has 2 N–H and O–H groups in total. The maximum atomic E-state index is 6.06. The van der Waals surface area contributed by atoms with Gasteiger partial charge in [0.2, 0.25) is 11.8 Å². The smallest absolute Gasteiger partial charge is 0.245 e. The molecule has 3 aromatic rings. The molecule has 0 aliphatic heterocycles. The molecule has 3 aromatic heterocycles. The van der Waals surface area contributed by atoms with E-state index in [-0.39, 0.29) is 6.04 Å². The van der Waals surface area contributed by atoms with E-state index in [1.165, 1.54) is 16.1 Å². The lowest BCUT2D eigenvalue weighted by Gasteiger charge is -2.13. The Balaban J connectivity index is 2.18. The van der Waals surface area contributed by atoms with Crippen molar-refractivity contribution in [1.82, 2.24) is 19.5 Å². The number of imidazole rings is 1. The van der Waals surface area contributed by atoms with Gasteiger partial charge in [0.05, 0.1) is 13.2 Å².